The van der Waals surface area contributed by atoms with Gasteiger partial charge in [0.1, 0.15) is 5.82 Å². The van der Waals surface area contributed by atoms with Gasteiger partial charge in [-0.25, -0.2) is 4.98 Å². The van der Waals surface area contributed by atoms with Crippen molar-refractivity contribution in [1.82, 2.24) is 4.98 Å². The third-order valence-corrected chi connectivity index (χ3v) is 4.66. The number of hydrogen-bond acceptors (Lipinski definition) is 2. The van der Waals surface area contributed by atoms with Crippen LogP contribution >= 0.6 is 0 Å². The summed E-state index contributed by atoms with van der Waals surface area (Å²) in [7, 11) is 0. The molecule has 0 saturated heterocycles. The Morgan fingerprint density at radius 3 is 2.67 bits per heavy atom. The first-order valence-corrected chi connectivity index (χ1v) is 8.88. The van der Waals surface area contributed by atoms with Crippen LogP contribution in [0, 0.1) is 6.92 Å². The van der Waals surface area contributed by atoms with Crippen LogP contribution in [0.5, 0.6) is 0 Å². The normalized spacial score (nSPS) is 15.5. The van der Waals surface area contributed by atoms with Gasteiger partial charge in [0.25, 0.3) is 0 Å². The van der Waals surface area contributed by atoms with Gasteiger partial charge in [0.15, 0.2) is 0 Å². The Morgan fingerprint density at radius 2 is 1.96 bits per heavy atom. The van der Waals surface area contributed by atoms with E-state index in [0.717, 1.165) is 11.5 Å². The third-order valence-electron chi connectivity index (χ3n) is 4.66. The van der Waals surface area contributed by atoms with Crippen molar-refractivity contribution in [1.29, 1.82) is 0 Å². The molecule has 1 aromatic carbocycles. The van der Waals surface area contributed by atoms with Gasteiger partial charge in [-0.3, -0.25) is 0 Å². The zero-order chi connectivity index (χ0) is 16.8. The SMILES string of the molecule is C=C(/C=C/c1cccc(C)c1)N(c1ccccn1)C1CCCCC1. The van der Waals surface area contributed by atoms with E-state index < -0.39 is 0 Å². The van der Waals surface area contributed by atoms with Gasteiger partial charge >= 0.3 is 0 Å². The van der Waals surface area contributed by atoms with Gasteiger partial charge in [0, 0.05) is 17.9 Å². The zero-order valence-corrected chi connectivity index (χ0v) is 14.5. The van der Waals surface area contributed by atoms with Gasteiger partial charge in [-0.2, -0.15) is 0 Å². The highest BCUT2D eigenvalue weighted by Crippen LogP contribution is 2.29. The predicted molar refractivity (Wildman–Crippen MR) is 103 cm³/mol. The minimum atomic E-state index is 0.503. The molecule has 1 saturated carbocycles. The first kappa shape index (κ1) is 16.5. The highest BCUT2D eigenvalue weighted by Gasteiger charge is 2.23. The molecule has 0 N–H and O–H groups in total. The predicted octanol–water partition coefficient (Wildman–Crippen LogP) is 5.76. The lowest BCUT2D eigenvalue weighted by atomic mass is 9.93. The van der Waals surface area contributed by atoms with Crippen LogP contribution in [-0.2, 0) is 0 Å². The maximum absolute atomic E-state index is 4.58. The van der Waals surface area contributed by atoms with E-state index in [-0.39, 0.29) is 0 Å². The fourth-order valence-corrected chi connectivity index (χ4v) is 3.45. The van der Waals surface area contributed by atoms with E-state index in [2.05, 4.69) is 71.9 Å². The smallest absolute Gasteiger partial charge is 0.133 e. The lowest BCUT2D eigenvalue weighted by Crippen LogP contribution is -2.36. The molecule has 0 aliphatic heterocycles. The summed E-state index contributed by atoms with van der Waals surface area (Å²) in [6.07, 6.45) is 12.5. The van der Waals surface area contributed by atoms with E-state index in [0.29, 0.717) is 6.04 Å². The van der Waals surface area contributed by atoms with E-state index in [4.69, 9.17) is 0 Å². The van der Waals surface area contributed by atoms with Crippen molar-refractivity contribution in [2.45, 2.75) is 45.1 Å². The molecule has 2 heteroatoms. The molecule has 1 aliphatic rings. The Kier molecular flexibility index (Phi) is 5.47. The van der Waals surface area contributed by atoms with Crippen LogP contribution in [0.4, 0.5) is 5.82 Å². The van der Waals surface area contributed by atoms with Crippen LogP contribution < -0.4 is 4.90 Å². The van der Waals surface area contributed by atoms with Gasteiger partial charge < -0.3 is 4.90 Å². The van der Waals surface area contributed by atoms with Crippen molar-refractivity contribution < 1.29 is 0 Å². The third kappa shape index (κ3) is 4.14. The number of nitrogens with zero attached hydrogens (tertiary/aromatic N) is 2. The lowest BCUT2D eigenvalue weighted by Gasteiger charge is -2.35. The summed E-state index contributed by atoms with van der Waals surface area (Å²) in [6.45, 7) is 6.46. The summed E-state index contributed by atoms with van der Waals surface area (Å²) >= 11 is 0. The summed E-state index contributed by atoms with van der Waals surface area (Å²) < 4.78 is 0. The second-order valence-electron chi connectivity index (χ2n) is 6.59. The van der Waals surface area contributed by atoms with E-state index in [9.17, 15) is 0 Å². The van der Waals surface area contributed by atoms with Crippen LogP contribution in [-0.4, -0.2) is 11.0 Å². The van der Waals surface area contributed by atoms with E-state index in [1.54, 1.807) is 0 Å². The molecule has 3 rings (SSSR count). The number of aromatic nitrogens is 1. The number of rotatable bonds is 5. The molecule has 0 atom stereocenters. The largest absolute Gasteiger partial charge is 0.324 e. The van der Waals surface area contributed by atoms with Crippen LogP contribution in [0.25, 0.3) is 6.08 Å². The quantitative estimate of drug-likeness (QED) is 0.652. The van der Waals surface area contributed by atoms with Gasteiger partial charge in [-0.1, -0.05) is 67.8 Å². The van der Waals surface area contributed by atoms with Crippen LogP contribution in [0.1, 0.15) is 43.2 Å². The van der Waals surface area contributed by atoms with E-state index in [1.165, 1.54) is 43.2 Å². The molecule has 1 heterocycles. The Morgan fingerprint density at radius 1 is 1.12 bits per heavy atom. The monoisotopic (exact) mass is 318 g/mol. The Hall–Kier alpha value is -2.35. The molecule has 1 aromatic heterocycles. The minimum Gasteiger partial charge on any atom is -0.324 e. The molecule has 2 aromatic rings. The summed E-state index contributed by atoms with van der Waals surface area (Å²) in [5.74, 6) is 1.00. The lowest BCUT2D eigenvalue weighted by molar-refractivity contribution is 0.429. The summed E-state index contributed by atoms with van der Waals surface area (Å²) in [5.41, 5.74) is 3.50. The summed E-state index contributed by atoms with van der Waals surface area (Å²) in [4.78, 5) is 6.90. The number of anilines is 1. The van der Waals surface area contributed by atoms with Crippen molar-refractivity contribution in [2.75, 3.05) is 4.90 Å². The topological polar surface area (TPSA) is 16.1 Å². The van der Waals surface area contributed by atoms with Gasteiger partial charge in [0.2, 0.25) is 0 Å². The molecule has 0 amide bonds. The molecule has 1 aliphatic carbocycles. The molecule has 0 bridgehead atoms. The van der Waals surface area contributed by atoms with Crippen molar-refractivity contribution in [2.24, 2.45) is 0 Å². The molecule has 2 nitrogen and oxygen atoms in total. The number of hydrogen-bond donors (Lipinski definition) is 0. The van der Waals surface area contributed by atoms with Crippen molar-refractivity contribution in [3.05, 3.63) is 78.1 Å². The fourth-order valence-electron chi connectivity index (χ4n) is 3.45. The highest BCUT2D eigenvalue weighted by molar-refractivity contribution is 5.58. The minimum absolute atomic E-state index is 0.503. The van der Waals surface area contributed by atoms with Crippen LogP contribution in [0.2, 0.25) is 0 Å². The summed E-state index contributed by atoms with van der Waals surface area (Å²) in [6, 6.07) is 15.1. The van der Waals surface area contributed by atoms with E-state index in [1.807, 2.05) is 12.3 Å². The average Bonchev–Trinajstić information content (AvgIpc) is 2.62. The second kappa shape index (κ2) is 7.96. The molecular formula is C22H26N2. The molecule has 0 spiro atoms. The first-order valence-electron chi connectivity index (χ1n) is 8.88. The number of benzene rings is 1. The van der Waals surface area contributed by atoms with Crippen LogP contribution in [0.3, 0.4) is 0 Å². The Bertz CT molecular complexity index is 697. The van der Waals surface area contributed by atoms with Gasteiger partial charge in [-0.05, 0) is 43.5 Å². The van der Waals surface area contributed by atoms with Crippen molar-refractivity contribution in [3.8, 4) is 0 Å². The standard InChI is InChI=1S/C22H26N2/c1-18-9-8-10-20(17-18)15-14-19(2)24(21-11-4-3-5-12-21)22-13-6-7-16-23-22/h6-10,13-17,21H,2-5,11-12H2,1H3/b15-14+. The number of pyridine rings is 1. The number of aryl methyl sites for hydroxylation is 1. The average molecular weight is 318 g/mol. The second-order valence-corrected chi connectivity index (χ2v) is 6.59. The van der Waals surface area contributed by atoms with Crippen molar-refractivity contribution >= 4 is 11.9 Å². The Balaban J connectivity index is 1.83. The van der Waals surface area contributed by atoms with Crippen molar-refractivity contribution in [3.63, 3.8) is 0 Å². The Labute approximate surface area is 145 Å². The molecule has 24 heavy (non-hydrogen) atoms. The molecular weight excluding hydrogens is 292 g/mol. The fraction of sp³-hybridized carbons (Fsp3) is 0.318. The van der Waals surface area contributed by atoms with Gasteiger partial charge in [-0.15, -0.1) is 0 Å². The molecule has 124 valence electrons. The number of allylic oxidation sites excluding steroid dienone is 1. The maximum Gasteiger partial charge on any atom is 0.133 e. The van der Waals surface area contributed by atoms with E-state index >= 15 is 0 Å². The first-order chi connectivity index (χ1) is 11.7. The highest BCUT2D eigenvalue weighted by atomic mass is 15.2. The summed E-state index contributed by atoms with van der Waals surface area (Å²) in [5, 5.41) is 0. The molecule has 1 fully saturated rings. The molecule has 0 unspecified atom stereocenters. The maximum atomic E-state index is 4.58. The van der Waals surface area contributed by atoms with Gasteiger partial charge in [0.05, 0.1) is 0 Å². The van der Waals surface area contributed by atoms with Crippen LogP contribution in [0.15, 0.2) is 67.0 Å². The zero-order valence-electron chi connectivity index (χ0n) is 14.5. The molecule has 0 radical (unpaired) electrons.